The summed E-state index contributed by atoms with van der Waals surface area (Å²) < 4.78 is 0. The van der Waals surface area contributed by atoms with Crippen molar-refractivity contribution in [3.8, 4) is 0 Å². The van der Waals surface area contributed by atoms with Crippen molar-refractivity contribution in [2.75, 3.05) is 19.6 Å². The molecular weight excluding hydrogens is 212 g/mol. The first-order valence-corrected chi connectivity index (χ1v) is 5.13. The van der Waals surface area contributed by atoms with Crippen molar-refractivity contribution in [1.29, 1.82) is 0 Å². The summed E-state index contributed by atoms with van der Waals surface area (Å²) in [4.78, 5) is 37.2. The van der Waals surface area contributed by atoms with Crippen molar-refractivity contribution < 1.29 is 14.4 Å². The number of carbonyl (C=O) groups is 3. The van der Waals surface area contributed by atoms with Crippen molar-refractivity contribution in [3.05, 3.63) is 0 Å². The summed E-state index contributed by atoms with van der Waals surface area (Å²) in [5, 5.41) is 0. The van der Waals surface area contributed by atoms with Crippen LogP contribution in [-0.2, 0) is 14.4 Å². The average molecular weight is 228 g/mol. The van der Waals surface area contributed by atoms with Crippen LogP contribution in [0.15, 0.2) is 0 Å². The Hall–Kier alpha value is -1.63. The maximum absolute atomic E-state index is 11.7. The monoisotopic (exact) mass is 228 g/mol. The molecule has 0 spiro atoms. The van der Waals surface area contributed by atoms with E-state index in [0.717, 1.165) is 0 Å². The third-order valence-electron chi connectivity index (χ3n) is 2.71. The van der Waals surface area contributed by atoms with Crippen LogP contribution in [0.3, 0.4) is 0 Å². The fourth-order valence-electron chi connectivity index (χ4n) is 1.62. The second kappa shape index (κ2) is 4.93. The molecule has 0 aromatic carbocycles. The van der Waals surface area contributed by atoms with Crippen molar-refractivity contribution in [3.63, 3.8) is 0 Å². The number of hydrazine groups is 1. The first-order chi connectivity index (χ1) is 7.52. The van der Waals surface area contributed by atoms with Gasteiger partial charge in [-0.25, -0.2) is 5.84 Å². The number of hydrogen-bond donors (Lipinski definition) is 2. The number of likely N-dealkylation sites (N-methyl/N-ethyl adjacent to an activating group) is 1. The lowest BCUT2D eigenvalue weighted by Crippen LogP contribution is -2.60. The van der Waals surface area contributed by atoms with Crippen LogP contribution in [0.25, 0.3) is 0 Å². The summed E-state index contributed by atoms with van der Waals surface area (Å²) >= 11 is 0. The van der Waals surface area contributed by atoms with E-state index in [0.29, 0.717) is 19.6 Å². The SMILES string of the molecule is CCN1CCN(C(C)C(=O)NN)C(=O)C1=O. The van der Waals surface area contributed by atoms with Gasteiger partial charge in [0.05, 0.1) is 0 Å². The van der Waals surface area contributed by atoms with Crippen LogP contribution in [0.5, 0.6) is 0 Å². The molecule has 1 atom stereocenters. The zero-order valence-electron chi connectivity index (χ0n) is 9.40. The lowest BCUT2D eigenvalue weighted by Gasteiger charge is -2.35. The van der Waals surface area contributed by atoms with Crippen molar-refractivity contribution >= 4 is 17.7 Å². The van der Waals surface area contributed by atoms with Crippen LogP contribution in [0.1, 0.15) is 13.8 Å². The zero-order valence-corrected chi connectivity index (χ0v) is 9.40. The van der Waals surface area contributed by atoms with Gasteiger partial charge in [-0.15, -0.1) is 0 Å². The number of hydrogen-bond acceptors (Lipinski definition) is 4. The second-order valence-electron chi connectivity index (χ2n) is 3.57. The molecule has 1 fully saturated rings. The molecule has 0 radical (unpaired) electrons. The van der Waals surface area contributed by atoms with Gasteiger partial charge in [0.2, 0.25) is 0 Å². The van der Waals surface area contributed by atoms with Crippen LogP contribution in [0, 0.1) is 0 Å². The molecule has 1 heterocycles. The summed E-state index contributed by atoms with van der Waals surface area (Å²) in [6.45, 7) is 4.64. The molecule has 16 heavy (non-hydrogen) atoms. The minimum Gasteiger partial charge on any atom is -0.333 e. The molecule has 0 aliphatic carbocycles. The minimum absolute atomic E-state index is 0.354. The Labute approximate surface area is 93.5 Å². The van der Waals surface area contributed by atoms with Crippen molar-refractivity contribution in [1.82, 2.24) is 15.2 Å². The van der Waals surface area contributed by atoms with E-state index in [4.69, 9.17) is 5.84 Å². The van der Waals surface area contributed by atoms with Crippen LogP contribution in [-0.4, -0.2) is 53.2 Å². The highest BCUT2D eigenvalue weighted by atomic mass is 16.2. The molecule has 0 bridgehead atoms. The fraction of sp³-hybridized carbons (Fsp3) is 0.667. The smallest absolute Gasteiger partial charge is 0.312 e. The number of nitrogens with two attached hydrogens (primary N) is 1. The lowest BCUT2D eigenvalue weighted by molar-refractivity contribution is -0.158. The molecule has 1 rings (SSSR count). The molecule has 1 unspecified atom stereocenters. The Kier molecular flexibility index (Phi) is 3.83. The van der Waals surface area contributed by atoms with Crippen LogP contribution >= 0.6 is 0 Å². The van der Waals surface area contributed by atoms with Crippen LogP contribution in [0.4, 0.5) is 0 Å². The molecule has 7 heteroatoms. The van der Waals surface area contributed by atoms with Gasteiger partial charge in [-0.3, -0.25) is 19.8 Å². The van der Waals surface area contributed by atoms with Gasteiger partial charge in [0.15, 0.2) is 0 Å². The van der Waals surface area contributed by atoms with Gasteiger partial charge in [-0.2, -0.15) is 0 Å². The standard InChI is InChI=1S/C9H16N4O3/c1-3-12-4-5-13(9(16)8(12)15)6(2)7(14)11-10/h6H,3-5,10H2,1-2H3,(H,11,14). The van der Waals surface area contributed by atoms with Gasteiger partial charge in [-0.1, -0.05) is 0 Å². The highest BCUT2D eigenvalue weighted by molar-refractivity contribution is 6.35. The fourth-order valence-corrected chi connectivity index (χ4v) is 1.62. The van der Waals surface area contributed by atoms with E-state index in [-0.39, 0.29) is 0 Å². The average Bonchev–Trinajstić information content (AvgIpc) is 2.30. The number of carbonyl (C=O) groups excluding carboxylic acids is 3. The Morgan fingerprint density at radius 3 is 2.56 bits per heavy atom. The van der Waals surface area contributed by atoms with E-state index in [1.807, 2.05) is 5.43 Å². The Balaban J connectivity index is 2.75. The third-order valence-corrected chi connectivity index (χ3v) is 2.71. The third kappa shape index (κ3) is 2.13. The molecular formula is C9H16N4O3. The van der Waals surface area contributed by atoms with Gasteiger partial charge in [-0.05, 0) is 13.8 Å². The molecule has 7 nitrogen and oxygen atoms in total. The lowest BCUT2D eigenvalue weighted by atomic mass is 10.2. The maximum Gasteiger partial charge on any atom is 0.312 e. The van der Waals surface area contributed by atoms with Gasteiger partial charge < -0.3 is 9.80 Å². The quantitative estimate of drug-likeness (QED) is 0.254. The maximum atomic E-state index is 11.7. The largest absolute Gasteiger partial charge is 0.333 e. The number of amides is 3. The first-order valence-electron chi connectivity index (χ1n) is 5.13. The topological polar surface area (TPSA) is 95.7 Å². The van der Waals surface area contributed by atoms with E-state index < -0.39 is 23.8 Å². The Bertz CT molecular complexity index is 318. The molecule has 0 aromatic heterocycles. The second-order valence-corrected chi connectivity index (χ2v) is 3.57. The Morgan fingerprint density at radius 2 is 2.06 bits per heavy atom. The predicted molar refractivity (Wildman–Crippen MR) is 55.8 cm³/mol. The molecule has 3 N–H and O–H groups in total. The van der Waals surface area contributed by atoms with Crippen molar-refractivity contribution in [2.24, 2.45) is 5.84 Å². The number of rotatable bonds is 3. The minimum atomic E-state index is -0.722. The highest BCUT2D eigenvalue weighted by Gasteiger charge is 2.36. The predicted octanol–water partition coefficient (Wildman–Crippen LogP) is -1.94. The molecule has 1 aliphatic rings. The van der Waals surface area contributed by atoms with Gasteiger partial charge in [0.25, 0.3) is 5.91 Å². The highest BCUT2D eigenvalue weighted by Crippen LogP contribution is 2.08. The van der Waals surface area contributed by atoms with Gasteiger partial charge >= 0.3 is 11.8 Å². The van der Waals surface area contributed by atoms with E-state index >= 15 is 0 Å². The summed E-state index contributed by atoms with van der Waals surface area (Å²) in [7, 11) is 0. The van der Waals surface area contributed by atoms with E-state index in [1.54, 1.807) is 6.92 Å². The van der Waals surface area contributed by atoms with Gasteiger partial charge in [0, 0.05) is 19.6 Å². The zero-order chi connectivity index (χ0) is 12.3. The van der Waals surface area contributed by atoms with E-state index in [9.17, 15) is 14.4 Å². The number of nitrogens with zero attached hydrogens (tertiary/aromatic N) is 2. The molecule has 1 saturated heterocycles. The van der Waals surface area contributed by atoms with Crippen LogP contribution < -0.4 is 11.3 Å². The molecule has 0 saturated carbocycles. The summed E-state index contributed by atoms with van der Waals surface area (Å²) in [5.74, 6) is 3.29. The van der Waals surface area contributed by atoms with Gasteiger partial charge in [0.1, 0.15) is 6.04 Å². The molecule has 90 valence electrons. The van der Waals surface area contributed by atoms with E-state index in [1.165, 1.54) is 16.7 Å². The molecule has 3 amide bonds. The molecule has 1 aliphatic heterocycles. The summed E-state index contributed by atoms with van der Waals surface area (Å²) in [6.07, 6.45) is 0. The van der Waals surface area contributed by atoms with E-state index in [2.05, 4.69) is 0 Å². The van der Waals surface area contributed by atoms with Crippen molar-refractivity contribution in [2.45, 2.75) is 19.9 Å². The van der Waals surface area contributed by atoms with Crippen LogP contribution in [0.2, 0.25) is 0 Å². The summed E-state index contributed by atoms with van der Waals surface area (Å²) in [6, 6.07) is -0.722. The number of nitrogens with one attached hydrogen (secondary N) is 1. The number of piperazine rings is 1. The molecule has 0 aromatic rings. The normalized spacial score (nSPS) is 18.7. The summed E-state index contributed by atoms with van der Waals surface area (Å²) in [5.41, 5.74) is 1.96. The first kappa shape index (κ1) is 12.4. The Morgan fingerprint density at radius 1 is 1.44 bits per heavy atom.